The van der Waals surface area contributed by atoms with E-state index in [1.165, 1.54) is 12.1 Å². The van der Waals surface area contributed by atoms with Crippen LogP contribution in [0, 0.1) is 5.82 Å². The van der Waals surface area contributed by atoms with Gasteiger partial charge in [0.2, 0.25) is 0 Å². The molecule has 1 heterocycles. The Bertz CT molecular complexity index is 380. The molecular formula is C11H14BFO4. The van der Waals surface area contributed by atoms with Crippen LogP contribution in [0.15, 0.2) is 18.2 Å². The van der Waals surface area contributed by atoms with Crippen molar-refractivity contribution < 1.29 is 23.9 Å². The summed E-state index contributed by atoms with van der Waals surface area (Å²) in [6.45, 7) is 1.60. The molecular weight excluding hydrogens is 226 g/mol. The largest absolute Gasteiger partial charge is 0.491 e. The molecule has 1 fully saturated rings. The van der Waals surface area contributed by atoms with Crippen LogP contribution in [0.3, 0.4) is 0 Å². The average molecular weight is 240 g/mol. The number of halogens is 1. The molecule has 4 nitrogen and oxygen atoms in total. The molecule has 0 spiro atoms. The van der Waals surface area contributed by atoms with Crippen LogP contribution >= 0.6 is 0 Å². The van der Waals surface area contributed by atoms with E-state index in [1.807, 2.05) is 0 Å². The molecule has 0 radical (unpaired) electrons. The Morgan fingerprint density at radius 3 is 2.94 bits per heavy atom. The van der Waals surface area contributed by atoms with Crippen molar-refractivity contribution in [2.45, 2.75) is 19.1 Å². The van der Waals surface area contributed by atoms with Crippen molar-refractivity contribution in [2.24, 2.45) is 0 Å². The quantitative estimate of drug-likeness (QED) is 0.716. The first-order valence-electron chi connectivity index (χ1n) is 5.50. The third-order valence-corrected chi connectivity index (χ3v) is 2.71. The molecule has 0 aliphatic carbocycles. The van der Waals surface area contributed by atoms with Gasteiger partial charge in [0, 0.05) is 12.1 Å². The van der Waals surface area contributed by atoms with Crippen molar-refractivity contribution in [3.8, 4) is 0 Å². The summed E-state index contributed by atoms with van der Waals surface area (Å²) < 4.78 is 23.9. The molecule has 2 N–H and O–H groups in total. The van der Waals surface area contributed by atoms with Gasteiger partial charge in [0.15, 0.2) is 0 Å². The van der Waals surface area contributed by atoms with Crippen LogP contribution in [0.2, 0.25) is 0 Å². The third kappa shape index (κ3) is 3.26. The molecule has 0 saturated carbocycles. The van der Waals surface area contributed by atoms with E-state index in [9.17, 15) is 4.39 Å². The average Bonchev–Trinajstić information content (AvgIpc) is 2.80. The Morgan fingerprint density at radius 1 is 1.47 bits per heavy atom. The number of hydrogen-bond acceptors (Lipinski definition) is 4. The number of hydrogen-bond donors (Lipinski definition) is 2. The number of benzene rings is 1. The van der Waals surface area contributed by atoms with Gasteiger partial charge in [-0.3, -0.25) is 0 Å². The highest BCUT2D eigenvalue weighted by Gasteiger charge is 2.18. The molecule has 92 valence electrons. The molecule has 1 atom stereocenters. The van der Waals surface area contributed by atoms with Crippen molar-refractivity contribution in [3.63, 3.8) is 0 Å². The molecule has 0 bridgehead atoms. The second kappa shape index (κ2) is 5.60. The Hall–Kier alpha value is -0.945. The lowest BCUT2D eigenvalue weighted by Crippen LogP contribution is -2.33. The van der Waals surface area contributed by atoms with Crippen LogP contribution < -0.4 is 5.46 Å². The summed E-state index contributed by atoms with van der Waals surface area (Å²) in [6, 6.07) is 4.17. The normalized spacial score (nSPS) is 19.6. The SMILES string of the molecule is OB(O)c1cc(COC2CCOC2)ccc1F. The van der Waals surface area contributed by atoms with Gasteiger partial charge in [0.25, 0.3) is 0 Å². The van der Waals surface area contributed by atoms with Gasteiger partial charge in [-0.25, -0.2) is 4.39 Å². The lowest BCUT2D eigenvalue weighted by Gasteiger charge is -2.11. The van der Waals surface area contributed by atoms with Gasteiger partial charge in [-0.15, -0.1) is 0 Å². The first-order valence-corrected chi connectivity index (χ1v) is 5.50. The van der Waals surface area contributed by atoms with Crippen molar-refractivity contribution in [3.05, 3.63) is 29.6 Å². The minimum absolute atomic E-state index is 0.0718. The molecule has 1 saturated heterocycles. The number of ether oxygens (including phenoxy) is 2. The summed E-state index contributed by atoms with van der Waals surface area (Å²) in [4.78, 5) is 0. The molecule has 0 amide bonds. The molecule has 6 heteroatoms. The van der Waals surface area contributed by atoms with E-state index in [2.05, 4.69) is 0 Å². The van der Waals surface area contributed by atoms with E-state index in [0.29, 0.717) is 25.4 Å². The smallest absolute Gasteiger partial charge is 0.423 e. The van der Waals surface area contributed by atoms with Crippen molar-refractivity contribution in [2.75, 3.05) is 13.2 Å². The zero-order chi connectivity index (χ0) is 12.3. The molecule has 1 aliphatic heterocycles. The van der Waals surface area contributed by atoms with E-state index in [0.717, 1.165) is 6.42 Å². The Labute approximate surface area is 99.1 Å². The second-order valence-corrected chi connectivity index (χ2v) is 4.03. The number of rotatable bonds is 4. The first kappa shape index (κ1) is 12.5. The van der Waals surface area contributed by atoms with E-state index in [4.69, 9.17) is 19.5 Å². The zero-order valence-electron chi connectivity index (χ0n) is 9.30. The van der Waals surface area contributed by atoms with Crippen molar-refractivity contribution in [1.29, 1.82) is 0 Å². The predicted octanol–water partition coefficient (Wildman–Crippen LogP) is -0.189. The fourth-order valence-electron chi connectivity index (χ4n) is 1.74. The zero-order valence-corrected chi connectivity index (χ0v) is 9.30. The summed E-state index contributed by atoms with van der Waals surface area (Å²) in [7, 11) is -1.80. The minimum Gasteiger partial charge on any atom is -0.423 e. The summed E-state index contributed by atoms with van der Waals surface area (Å²) in [5.74, 6) is -0.632. The van der Waals surface area contributed by atoms with Gasteiger partial charge in [-0.1, -0.05) is 12.1 Å². The monoisotopic (exact) mass is 240 g/mol. The second-order valence-electron chi connectivity index (χ2n) is 4.03. The van der Waals surface area contributed by atoms with Gasteiger partial charge in [-0.05, 0) is 18.1 Å². The Kier molecular flexibility index (Phi) is 4.12. The maximum Gasteiger partial charge on any atom is 0.491 e. The van der Waals surface area contributed by atoms with Gasteiger partial charge >= 0.3 is 7.12 Å². The van der Waals surface area contributed by atoms with Crippen LogP contribution in [0.4, 0.5) is 4.39 Å². The maximum atomic E-state index is 13.2. The van der Waals surface area contributed by atoms with Crippen LogP contribution in [-0.2, 0) is 16.1 Å². The lowest BCUT2D eigenvalue weighted by atomic mass is 9.79. The first-order chi connectivity index (χ1) is 8.16. The highest BCUT2D eigenvalue weighted by Crippen LogP contribution is 2.11. The topological polar surface area (TPSA) is 58.9 Å². The van der Waals surface area contributed by atoms with Crippen LogP contribution in [0.25, 0.3) is 0 Å². The summed E-state index contributed by atoms with van der Waals surface area (Å²) in [6.07, 6.45) is 0.930. The molecule has 1 aromatic carbocycles. The summed E-state index contributed by atoms with van der Waals surface area (Å²) in [5.41, 5.74) is 0.579. The van der Waals surface area contributed by atoms with Crippen LogP contribution in [0.1, 0.15) is 12.0 Å². The minimum atomic E-state index is -1.80. The van der Waals surface area contributed by atoms with Crippen LogP contribution in [0.5, 0.6) is 0 Å². The highest BCUT2D eigenvalue weighted by molar-refractivity contribution is 6.58. The molecule has 1 unspecified atom stereocenters. The lowest BCUT2D eigenvalue weighted by molar-refractivity contribution is 0.0317. The van der Waals surface area contributed by atoms with Crippen molar-refractivity contribution in [1.82, 2.24) is 0 Å². The van der Waals surface area contributed by atoms with Gasteiger partial charge in [0.1, 0.15) is 5.82 Å². The maximum absolute atomic E-state index is 13.2. The van der Waals surface area contributed by atoms with Gasteiger partial charge < -0.3 is 19.5 Å². The Morgan fingerprint density at radius 2 is 2.29 bits per heavy atom. The van der Waals surface area contributed by atoms with Gasteiger partial charge in [0.05, 0.1) is 19.3 Å². The van der Waals surface area contributed by atoms with E-state index in [1.54, 1.807) is 6.07 Å². The molecule has 2 rings (SSSR count). The molecule has 1 aromatic rings. The van der Waals surface area contributed by atoms with E-state index in [-0.39, 0.29) is 11.6 Å². The van der Waals surface area contributed by atoms with Gasteiger partial charge in [-0.2, -0.15) is 0 Å². The van der Waals surface area contributed by atoms with Crippen molar-refractivity contribution >= 4 is 12.6 Å². The fourth-order valence-corrected chi connectivity index (χ4v) is 1.74. The van der Waals surface area contributed by atoms with E-state index < -0.39 is 12.9 Å². The third-order valence-electron chi connectivity index (χ3n) is 2.71. The predicted molar refractivity (Wildman–Crippen MR) is 60.2 cm³/mol. The summed E-state index contributed by atoms with van der Waals surface area (Å²) >= 11 is 0. The van der Waals surface area contributed by atoms with Crippen LogP contribution in [-0.4, -0.2) is 36.5 Å². The molecule has 1 aliphatic rings. The summed E-state index contributed by atoms with van der Waals surface area (Å²) in [5, 5.41) is 17.9. The Balaban J connectivity index is 1.98. The fraction of sp³-hybridized carbons (Fsp3) is 0.455. The molecule has 17 heavy (non-hydrogen) atoms. The van der Waals surface area contributed by atoms with E-state index >= 15 is 0 Å². The standard InChI is InChI=1S/C11H14BFO4/c13-11-2-1-8(5-10(11)12(14)15)6-17-9-3-4-16-7-9/h1-2,5,9,14-15H,3-4,6-7H2. The highest BCUT2D eigenvalue weighted by atomic mass is 19.1. The molecule has 0 aromatic heterocycles.